The molecule has 0 saturated carbocycles. The van der Waals surface area contributed by atoms with Crippen LogP contribution in [-0.2, 0) is 93.3 Å². The number of rotatable bonds is 74. The predicted octanol–water partition coefficient (Wildman–Crippen LogP) is 8.96. The van der Waals surface area contributed by atoms with E-state index in [4.69, 9.17) is 11.5 Å². The number of nitrogens with zero attached hydrogens (tertiary/aromatic N) is 16. The van der Waals surface area contributed by atoms with Crippen LogP contribution in [0.15, 0.2) is 121 Å². The van der Waals surface area contributed by atoms with Crippen LogP contribution in [0.4, 0.5) is 0 Å². The summed E-state index contributed by atoms with van der Waals surface area (Å²) in [4.78, 5) is 227. The molecule has 4 aromatic carbocycles. The minimum absolute atomic E-state index is 0.00612. The van der Waals surface area contributed by atoms with Gasteiger partial charge in [-0.05, 0) is 180 Å². The highest BCUT2D eigenvalue weighted by Crippen LogP contribution is 2.20. The van der Waals surface area contributed by atoms with Crippen molar-refractivity contribution in [3.63, 3.8) is 0 Å². The summed E-state index contributed by atoms with van der Waals surface area (Å²) in [5, 5.41) is 2.73. The number of amides is 14. The second-order valence-corrected chi connectivity index (χ2v) is 40.2. The Morgan fingerprint density at radius 2 is 0.447 bits per heavy atom. The van der Waals surface area contributed by atoms with Gasteiger partial charge in [-0.2, -0.15) is 0 Å². The minimum Gasteiger partial charge on any atom is -0.368 e. The number of hydrogen-bond acceptors (Lipinski definition) is 19. The number of benzene rings is 4. The van der Waals surface area contributed by atoms with Crippen LogP contribution in [0.5, 0.6) is 0 Å². The lowest BCUT2D eigenvalue weighted by molar-refractivity contribution is -0.139. The molecule has 0 aliphatic rings. The highest BCUT2D eigenvalue weighted by atomic mass is 16.2. The molecule has 4 rings (SSSR count). The van der Waals surface area contributed by atoms with E-state index in [1.54, 1.807) is 58.8 Å². The molecule has 0 unspecified atom stereocenters. The quantitative estimate of drug-likeness (QED) is 0.0347. The van der Waals surface area contributed by atoms with E-state index in [2.05, 4.69) is 5.32 Å². The third kappa shape index (κ3) is 53.3. The summed E-state index contributed by atoms with van der Waals surface area (Å²) in [6.07, 6.45) is 3.85. The molecular formula is C108H177N19O14. The number of nitrogens with two attached hydrogens (primary N) is 2. The zero-order valence-corrected chi connectivity index (χ0v) is 88.9. The molecule has 0 radical (unpaired) electrons. The van der Waals surface area contributed by atoms with Crippen LogP contribution in [0.2, 0.25) is 0 Å². The monoisotopic (exact) mass is 1960 g/mol. The summed E-state index contributed by atoms with van der Waals surface area (Å²) < 4.78 is 0. The summed E-state index contributed by atoms with van der Waals surface area (Å²) in [6, 6.07) is 37.2. The molecule has 0 heterocycles. The molecule has 0 saturated heterocycles. The van der Waals surface area contributed by atoms with E-state index >= 15 is 0 Å². The van der Waals surface area contributed by atoms with Crippen molar-refractivity contribution in [3.05, 3.63) is 144 Å². The fourth-order valence-corrected chi connectivity index (χ4v) is 16.8. The smallest absolute Gasteiger partial charge is 0.239 e. The summed E-state index contributed by atoms with van der Waals surface area (Å²) in [6.45, 7) is 25.7. The van der Waals surface area contributed by atoms with Crippen LogP contribution >= 0.6 is 0 Å². The van der Waals surface area contributed by atoms with E-state index < -0.39 is 17.9 Å². The van der Waals surface area contributed by atoms with E-state index in [-0.39, 0.29) is 270 Å². The second kappa shape index (κ2) is 69.2. The lowest BCUT2D eigenvalue weighted by Gasteiger charge is -2.30. The van der Waals surface area contributed by atoms with Gasteiger partial charge in [-0.3, -0.25) is 67.1 Å². The third-order valence-electron chi connectivity index (χ3n) is 24.5. The molecule has 5 N–H and O–H groups in total. The van der Waals surface area contributed by atoms with Crippen LogP contribution < -0.4 is 16.8 Å². The number of hydrogen-bond donors (Lipinski definition) is 3. The zero-order valence-electron chi connectivity index (χ0n) is 88.9. The second-order valence-electron chi connectivity index (χ2n) is 40.2. The summed E-state index contributed by atoms with van der Waals surface area (Å²) in [5.41, 5.74) is 14.8. The molecular weight excluding hydrogens is 1790 g/mol. The van der Waals surface area contributed by atoms with Crippen LogP contribution in [0.1, 0.15) is 207 Å². The first-order valence-electron chi connectivity index (χ1n) is 51.5. The fraction of sp³-hybridized carbons (Fsp3) is 0.648. The molecule has 14 amide bonds. The van der Waals surface area contributed by atoms with Crippen LogP contribution in [0.3, 0.4) is 0 Å². The van der Waals surface area contributed by atoms with E-state index in [1.165, 1.54) is 6.92 Å². The Morgan fingerprint density at radius 1 is 0.248 bits per heavy atom. The van der Waals surface area contributed by atoms with Gasteiger partial charge in [0.15, 0.2) is 0 Å². The van der Waals surface area contributed by atoms with Crippen molar-refractivity contribution in [1.29, 1.82) is 0 Å². The maximum Gasteiger partial charge on any atom is 0.239 e. The number of carbonyl (C=O) groups is 14. The van der Waals surface area contributed by atoms with E-state index in [0.717, 1.165) is 22.3 Å². The van der Waals surface area contributed by atoms with Crippen molar-refractivity contribution in [3.8, 4) is 0 Å². The molecule has 1 atom stereocenters. The van der Waals surface area contributed by atoms with Gasteiger partial charge in [0.2, 0.25) is 82.7 Å². The maximum atomic E-state index is 14.9. The van der Waals surface area contributed by atoms with Gasteiger partial charge in [0, 0.05) is 241 Å². The van der Waals surface area contributed by atoms with Gasteiger partial charge in [0.05, 0.1) is 0 Å². The molecule has 0 aliphatic carbocycles. The lowest BCUT2D eigenvalue weighted by atomic mass is 10.1. The standard InChI is InChI=1S/C108H177N19O14/c1-86(2)78-121(101(134)49-70-120(90(9)128)82-91-36-22-18-23-37-91)72-51-98(131)117(63-33-59-113(12)13)67-46-105(138)126(84-93-40-26-20-27-41-93)76-55-103(136)123(80-88(5)6)74-53-100(133)119(65-35-61-115(16)17)69-48-107(140)127(85-94-42-28-21-29-43-94)77-56-104(137)124(81-89(7)8)73-52-99(132)118(64-34-60-114(14)15)68-47-106(139)125(83-92-38-24-19-25-39-92)75-54-102(135)122(79-87(3)4)71-50-97(130)116(62-32-58-112(10)11)66-45-96(129)111-95(108(110)141)44-30-31-57-109/h18-29,36-43,86-89,95H,30-35,44-85,109H2,1-17H3,(H2,110,141)(H,111,129)/t95-/m0/s1. The number of unbranched alkanes of at least 4 members (excludes halogenated alkanes) is 1. The average Bonchev–Trinajstić information content (AvgIpc) is 0.870. The normalized spacial score (nSPS) is 11.6. The Balaban J connectivity index is 1.50. The van der Waals surface area contributed by atoms with Crippen LogP contribution in [0, 0.1) is 23.7 Å². The molecule has 141 heavy (non-hydrogen) atoms. The molecule has 788 valence electrons. The maximum absolute atomic E-state index is 14.9. The molecule has 4 aromatic rings. The van der Waals surface area contributed by atoms with Gasteiger partial charge in [-0.25, -0.2) is 0 Å². The van der Waals surface area contributed by atoms with E-state index in [9.17, 15) is 67.1 Å². The van der Waals surface area contributed by atoms with Crippen molar-refractivity contribution in [2.45, 2.75) is 217 Å². The summed E-state index contributed by atoms with van der Waals surface area (Å²) in [7, 11) is 15.6. The molecule has 0 aromatic heterocycles. The molecule has 33 heteroatoms. The zero-order chi connectivity index (χ0) is 104. The Labute approximate surface area is 844 Å². The highest BCUT2D eigenvalue weighted by Gasteiger charge is 2.31. The minimum atomic E-state index is -0.859. The Bertz CT molecular complexity index is 4340. The first-order valence-corrected chi connectivity index (χ1v) is 51.5. The SMILES string of the molecule is CC(=O)N(CCC(=O)N(CCC(=O)N(CCCN(C)C)CCC(=O)N(CCC(=O)N(CCC(=O)N(CCCN(C)C)CCC(=O)N(CCC(=O)N(CCC(=O)N(CCCN(C)C)CCC(=O)N(CCC(=O)N(CCC(=O)N(CCCN(C)C)CCC(=O)N[C@@H](CCCCN)C(N)=O)CC(C)C)Cc1ccccc1)CC(C)C)Cc1ccccc1)CC(C)C)Cc1ccccc1)CC(C)C)Cc1ccccc1. The Kier molecular flexibility index (Phi) is 60.2. The predicted molar refractivity (Wildman–Crippen MR) is 557 cm³/mol. The van der Waals surface area contributed by atoms with Gasteiger partial charge in [0.25, 0.3) is 0 Å². The molecule has 0 spiro atoms. The van der Waals surface area contributed by atoms with E-state index in [0.29, 0.717) is 137 Å². The van der Waals surface area contributed by atoms with Gasteiger partial charge in [-0.15, -0.1) is 0 Å². The van der Waals surface area contributed by atoms with Crippen molar-refractivity contribution in [2.24, 2.45) is 35.1 Å². The summed E-state index contributed by atoms with van der Waals surface area (Å²) >= 11 is 0. The fourth-order valence-electron chi connectivity index (χ4n) is 16.8. The number of carbonyl (C=O) groups excluding carboxylic acids is 14. The number of primary amides is 1. The topological polar surface area (TPSA) is 355 Å². The van der Waals surface area contributed by atoms with Gasteiger partial charge in [-0.1, -0.05) is 177 Å². The van der Waals surface area contributed by atoms with Crippen LogP contribution in [-0.4, -0.2) is 387 Å². The highest BCUT2D eigenvalue weighted by molar-refractivity contribution is 5.88. The largest absolute Gasteiger partial charge is 0.368 e. The van der Waals surface area contributed by atoms with Gasteiger partial charge in [0.1, 0.15) is 6.04 Å². The van der Waals surface area contributed by atoms with Crippen molar-refractivity contribution in [1.82, 2.24) is 83.7 Å². The molecule has 0 fully saturated rings. The number of nitrogens with one attached hydrogen (secondary N) is 1. The summed E-state index contributed by atoms with van der Waals surface area (Å²) in [5.74, 6) is -3.57. The van der Waals surface area contributed by atoms with Crippen molar-refractivity contribution >= 4 is 82.7 Å². The molecule has 33 nitrogen and oxygen atoms in total. The molecule has 0 aliphatic heterocycles. The van der Waals surface area contributed by atoms with E-state index in [1.807, 2.05) is 253 Å². The first-order chi connectivity index (χ1) is 67.1. The van der Waals surface area contributed by atoms with Crippen LogP contribution in [0.25, 0.3) is 0 Å². The van der Waals surface area contributed by atoms with Crippen molar-refractivity contribution < 1.29 is 67.1 Å². The third-order valence-corrected chi connectivity index (χ3v) is 24.5. The van der Waals surface area contributed by atoms with Gasteiger partial charge >= 0.3 is 0 Å². The average molecular weight is 1970 g/mol. The lowest BCUT2D eigenvalue weighted by Crippen LogP contribution is -2.46. The Morgan fingerprint density at radius 3 is 0.660 bits per heavy atom. The van der Waals surface area contributed by atoms with Crippen molar-refractivity contribution in [2.75, 3.05) is 220 Å². The first kappa shape index (κ1) is 123. The molecule has 0 bridgehead atoms. The van der Waals surface area contributed by atoms with Gasteiger partial charge < -0.3 is 95.2 Å². The Hall–Kier alpha value is -10.7.